The van der Waals surface area contributed by atoms with E-state index in [0.29, 0.717) is 12.2 Å². The van der Waals surface area contributed by atoms with E-state index in [9.17, 15) is 9.50 Å². The number of para-hydroxylation sites is 1. The lowest BCUT2D eigenvalue weighted by Crippen LogP contribution is -2.39. The largest absolute Gasteiger partial charge is 0.391 e. The summed E-state index contributed by atoms with van der Waals surface area (Å²) in [5.41, 5.74) is 1.63. The molecule has 4 heteroatoms. The molecule has 2 unspecified atom stereocenters. The fourth-order valence-corrected chi connectivity index (χ4v) is 2.84. The van der Waals surface area contributed by atoms with Crippen molar-refractivity contribution in [2.24, 2.45) is 0 Å². The molecule has 0 spiro atoms. The molecule has 1 aliphatic heterocycles. The Kier molecular flexibility index (Phi) is 5.38. The number of rotatable bonds is 5. The minimum absolute atomic E-state index is 0.111. The van der Waals surface area contributed by atoms with E-state index < -0.39 is 0 Å². The van der Waals surface area contributed by atoms with Gasteiger partial charge in [0.1, 0.15) is 5.82 Å². The van der Waals surface area contributed by atoms with Crippen molar-refractivity contribution < 1.29 is 9.50 Å². The molecule has 0 aliphatic carbocycles. The number of β-amino-alcohol motifs (C(OH)–C–C–N with tert-alkyl or cyclic N) is 1. The first-order chi connectivity index (χ1) is 9.63. The second-order valence-electron chi connectivity index (χ2n) is 5.60. The molecule has 2 N–H and O–H groups in total. The first-order valence-electron chi connectivity index (χ1n) is 7.58. The second-order valence-corrected chi connectivity index (χ2v) is 5.60. The predicted molar refractivity (Wildman–Crippen MR) is 80.6 cm³/mol. The molecule has 112 valence electrons. The van der Waals surface area contributed by atoms with E-state index in [1.54, 1.807) is 6.07 Å². The van der Waals surface area contributed by atoms with Crippen molar-refractivity contribution in [3.8, 4) is 0 Å². The monoisotopic (exact) mass is 280 g/mol. The number of halogens is 1. The van der Waals surface area contributed by atoms with E-state index in [1.165, 1.54) is 6.07 Å². The number of hydrogen-bond donors (Lipinski definition) is 2. The lowest BCUT2D eigenvalue weighted by molar-refractivity contribution is 0.153. The smallest absolute Gasteiger partial charge is 0.146 e. The summed E-state index contributed by atoms with van der Waals surface area (Å²) in [5, 5.41) is 13.2. The normalized spacial score (nSPS) is 21.0. The Balaban J connectivity index is 2.25. The van der Waals surface area contributed by atoms with Gasteiger partial charge in [-0.15, -0.1) is 0 Å². The zero-order valence-electron chi connectivity index (χ0n) is 12.4. The molecule has 0 aromatic heterocycles. The van der Waals surface area contributed by atoms with Crippen LogP contribution in [0.2, 0.25) is 0 Å². The fourth-order valence-electron chi connectivity index (χ4n) is 2.84. The van der Waals surface area contributed by atoms with E-state index in [2.05, 4.69) is 19.2 Å². The van der Waals surface area contributed by atoms with Crippen LogP contribution < -0.4 is 10.2 Å². The Bertz CT molecular complexity index is 438. The highest BCUT2D eigenvalue weighted by Crippen LogP contribution is 2.31. The minimum atomic E-state index is -0.352. The van der Waals surface area contributed by atoms with Crippen molar-refractivity contribution in [2.75, 3.05) is 24.5 Å². The summed E-state index contributed by atoms with van der Waals surface area (Å²) >= 11 is 0. The first-order valence-corrected chi connectivity index (χ1v) is 7.58. The number of aliphatic hydroxyl groups excluding tert-OH is 1. The molecule has 0 radical (unpaired) electrons. The van der Waals surface area contributed by atoms with Crippen LogP contribution in [0.3, 0.4) is 0 Å². The van der Waals surface area contributed by atoms with Crippen LogP contribution in [0, 0.1) is 5.82 Å². The summed E-state index contributed by atoms with van der Waals surface area (Å²) in [6.07, 6.45) is 2.42. The van der Waals surface area contributed by atoms with E-state index in [0.717, 1.165) is 37.9 Å². The Morgan fingerprint density at radius 1 is 1.50 bits per heavy atom. The van der Waals surface area contributed by atoms with Crippen LogP contribution in [0.5, 0.6) is 0 Å². The molecule has 3 nitrogen and oxygen atoms in total. The molecular weight excluding hydrogens is 255 g/mol. The van der Waals surface area contributed by atoms with E-state index in [1.807, 2.05) is 11.0 Å². The highest BCUT2D eigenvalue weighted by atomic mass is 19.1. The summed E-state index contributed by atoms with van der Waals surface area (Å²) in [7, 11) is 0. The number of benzene rings is 1. The van der Waals surface area contributed by atoms with Crippen molar-refractivity contribution in [1.82, 2.24) is 5.32 Å². The van der Waals surface area contributed by atoms with Gasteiger partial charge in [0.25, 0.3) is 0 Å². The third kappa shape index (κ3) is 3.49. The number of hydrogen-bond acceptors (Lipinski definition) is 3. The highest BCUT2D eigenvalue weighted by molar-refractivity contribution is 5.56. The van der Waals surface area contributed by atoms with Crippen molar-refractivity contribution in [2.45, 2.75) is 45.3 Å². The maximum Gasteiger partial charge on any atom is 0.146 e. The van der Waals surface area contributed by atoms with Crippen molar-refractivity contribution in [3.63, 3.8) is 0 Å². The molecule has 0 saturated carbocycles. The minimum Gasteiger partial charge on any atom is -0.391 e. The average molecular weight is 280 g/mol. The van der Waals surface area contributed by atoms with Crippen LogP contribution in [-0.2, 0) is 0 Å². The average Bonchev–Trinajstić information content (AvgIpc) is 2.44. The number of piperidine rings is 1. The Labute approximate surface area is 120 Å². The summed E-state index contributed by atoms with van der Waals surface area (Å²) in [4.78, 5) is 1.99. The van der Waals surface area contributed by atoms with Crippen molar-refractivity contribution in [1.29, 1.82) is 0 Å². The van der Waals surface area contributed by atoms with Crippen LogP contribution in [0.15, 0.2) is 18.2 Å². The van der Waals surface area contributed by atoms with Gasteiger partial charge in [0.2, 0.25) is 0 Å². The third-order valence-corrected chi connectivity index (χ3v) is 3.90. The van der Waals surface area contributed by atoms with Gasteiger partial charge in [-0.2, -0.15) is 0 Å². The maximum absolute atomic E-state index is 14.3. The molecular formula is C16H25FN2O. The van der Waals surface area contributed by atoms with Gasteiger partial charge in [-0.05, 0) is 44.4 Å². The van der Waals surface area contributed by atoms with Gasteiger partial charge >= 0.3 is 0 Å². The van der Waals surface area contributed by atoms with Gasteiger partial charge in [0, 0.05) is 19.1 Å². The van der Waals surface area contributed by atoms with Gasteiger partial charge in [-0.1, -0.05) is 19.1 Å². The Morgan fingerprint density at radius 2 is 2.30 bits per heavy atom. The summed E-state index contributed by atoms with van der Waals surface area (Å²) in [6, 6.07) is 5.36. The van der Waals surface area contributed by atoms with E-state index in [-0.39, 0.29) is 18.0 Å². The van der Waals surface area contributed by atoms with Crippen LogP contribution in [0.25, 0.3) is 0 Å². The van der Waals surface area contributed by atoms with Crippen LogP contribution in [0.1, 0.15) is 44.7 Å². The molecule has 1 aliphatic rings. The van der Waals surface area contributed by atoms with E-state index >= 15 is 0 Å². The number of nitrogens with one attached hydrogen (secondary N) is 1. The first kappa shape index (κ1) is 15.3. The maximum atomic E-state index is 14.3. The van der Waals surface area contributed by atoms with Crippen LogP contribution >= 0.6 is 0 Å². The molecule has 0 amide bonds. The third-order valence-electron chi connectivity index (χ3n) is 3.90. The summed E-state index contributed by atoms with van der Waals surface area (Å²) in [5.74, 6) is -0.193. The van der Waals surface area contributed by atoms with Crippen LogP contribution in [-0.4, -0.2) is 30.8 Å². The van der Waals surface area contributed by atoms with Crippen LogP contribution in [0.4, 0.5) is 10.1 Å². The molecule has 2 rings (SSSR count). The highest BCUT2D eigenvalue weighted by Gasteiger charge is 2.24. The molecule has 1 aromatic carbocycles. The Morgan fingerprint density at radius 3 is 3.00 bits per heavy atom. The Hall–Kier alpha value is -1.13. The zero-order chi connectivity index (χ0) is 14.5. The van der Waals surface area contributed by atoms with E-state index in [4.69, 9.17) is 0 Å². The predicted octanol–water partition coefficient (Wildman–Crippen LogP) is 2.85. The summed E-state index contributed by atoms with van der Waals surface area (Å²) in [6.45, 7) is 6.43. The summed E-state index contributed by atoms with van der Waals surface area (Å²) < 4.78 is 14.3. The second kappa shape index (κ2) is 7.04. The molecule has 1 heterocycles. The topological polar surface area (TPSA) is 35.5 Å². The molecule has 1 saturated heterocycles. The van der Waals surface area contributed by atoms with Crippen molar-refractivity contribution in [3.05, 3.63) is 29.6 Å². The van der Waals surface area contributed by atoms with Gasteiger partial charge in [0.05, 0.1) is 11.8 Å². The van der Waals surface area contributed by atoms with Gasteiger partial charge in [-0.3, -0.25) is 0 Å². The number of anilines is 1. The fraction of sp³-hybridized carbons (Fsp3) is 0.625. The standard InChI is InChI=1S/C16H25FN2O/c1-3-9-18-12(2)14-7-4-8-15(17)16(14)19-10-5-6-13(20)11-19/h4,7-8,12-13,18,20H,3,5-6,9-11H2,1-2H3. The van der Waals surface area contributed by atoms with Gasteiger partial charge < -0.3 is 15.3 Å². The molecule has 1 aromatic rings. The molecule has 20 heavy (non-hydrogen) atoms. The molecule has 0 bridgehead atoms. The quantitative estimate of drug-likeness (QED) is 0.870. The zero-order valence-corrected chi connectivity index (χ0v) is 12.4. The SMILES string of the molecule is CCCNC(C)c1cccc(F)c1N1CCCC(O)C1. The van der Waals surface area contributed by atoms with Gasteiger partial charge in [0.15, 0.2) is 0 Å². The number of aliphatic hydroxyl groups is 1. The molecule has 2 atom stereocenters. The van der Waals surface area contributed by atoms with Crippen molar-refractivity contribution >= 4 is 5.69 Å². The number of nitrogens with zero attached hydrogens (tertiary/aromatic N) is 1. The lowest BCUT2D eigenvalue weighted by atomic mass is 10.0. The lowest BCUT2D eigenvalue weighted by Gasteiger charge is -2.34. The van der Waals surface area contributed by atoms with Gasteiger partial charge in [-0.25, -0.2) is 4.39 Å². The molecule has 1 fully saturated rings.